The van der Waals surface area contributed by atoms with E-state index in [9.17, 15) is 16.8 Å². The maximum atomic E-state index is 13.2. The molecule has 1 saturated heterocycles. The third-order valence-corrected chi connectivity index (χ3v) is 11.9. The summed E-state index contributed by atoms with van der Waals surface area (Å²) in [5, 5.41) is -0.189. The first kappa shape index (κ1) is 34.3. The number of nitrogens with two attached hydrogens (primary N) is 2. The highest BCUT2D eigenvalue weighted by molar-refractivity contribution is 7.92. The Bertz CT molecular complexity index is 1720. The summed E-state index contributed by atoms with van der Waals surface area (Å²) in [6.45, 7) is 9.88. The first-order chi connectivity index (χ1) is 20.8. The van der Waals surface area contributed by atoms with Gasteiger partial charge in [0.2, 0.25) is 0 Å². The van der Waals surface area contributed by atoms with E-state index in [2.05, 4.69) is 41.5 Å². The lowest BCUT2D eigenvalue weighted by atomic mass is 9.81. The number of aryl methyl sites for hydroxylation is 1. The Balaban J connectivity index is 0.00000216. The average molecular weight is 663 g/mol. The van der Waals surface area contributed by atoms with Crippen LogP contribution in [0.4, 0.5) is 0 Å². The Morgan fingerprint density at radius 1 is 1.05 bits per heavy atom. The van der Waals surface area contributed by atoms with E-state index in [1.54, 1.807) is 38.2 Å². The van der Waals surface area contributed by atoms with Gasteiger partial charge in [-0.2, -0.15) is 0 Å². The summed E-state index contributed by atoms with van der Waals surface area (Å²) in [6.07, 6.45) is 5.65. The van der Waals surface area contributed by atoms with E-state index in [1.165, 1.54) is 22.9 Å². The number of piperidine rings is 1. The van der Waals surface area contributed by atoms with Crippen LogP contribution in [0, 0.1) is 6.92 Å². The fourth-order valence-electron chi connectivity index (χ4n) is 6.23. The number of hydrogen-bond donors (Lipinski definition) is 2. The van der Waals surface area contributed by atoms with Crippen LogP contribution < -0.4 is 16.4 Å². The van der Waals surface area contributed by atoms with Gasteiger partial charge in [-0.25, -0.2) is 16.8 Å². The van der Waals surface area contributed by atoms with E-state index in [-0.39, 0.29) is 16.8 Å². The van der Waals surface area contributed by atoms with Gasteiger partial charge in [0.15, 0.2) is 9.84 Å². The SMILES string of the molecule is Cc1cc(-c2cc(-c3ccccc3S(=O)(=O)C(C)C)c(Cl)cn2)c2c(c1C1CCN(CCS(C)(=O)=O)CC1)CC(C)O2.NN. The highest BCUT2D eigenvalue weighted by Crippen LogP contribution is 2.47. The zero-order chi connectivity index (χ0) is 32.4. The molecule has 240 valence electrons. The maximum Gasteiger partial charge on any atom is 0.181 e. The highest BCUT2D eigenvalue weighted by atomic mass is 35.5. The quantitative estimate of drug-likeness (QED) is 0.253. The zero-order valence-electron chi connectivity index (χ0n) is 26.0. The van der Waals surface area contributed by atoms with Crippen LogP contribution in [0.1, 0.15) is 56.2 Å². The van der Waals surface area contributed by atoms with Crippen LogP contribution in [0.3, 0.4) is 0 Å². The number of benzene rings is 2. The van der Waals surface area contributed by atoms with Gasteiger partial charge < -0.3 is 9.64 Å². The van der Waals surface area contributed by atoms with Crippen molar-refractivity contribution in [2.75, 3.05) is 31.6 Å². The fourth-order valence-corrected chi connectivity index (χ4v) is 8.29. The molecule has 2 aliphatic rings. The lowest BCUT2D eigenvalue weighted by molar-refractivity contribution is 0.222. The third kappa shape index (κ3) is 7.29. The van der Waals surface area contributed by atoms with Gasteiger partial charge in [-0.1, -0.05) is 29.8 Å². The third-order valence-electron chi connectivity index (χ3n) is 8.45. The van der Waals surface area contributed by atoms with Gasteiger partial charge in [-0.15, -0.1) is 0 Å². The number of sulfone groups is 2. The summed E-state index contributed by atoms with van der Waals surface area (Å²) >= 11 is 6.65. The number of pyridine rings is 1. The number of aromatic nitrogens is 1. The molecule has 1 unspecified atom stereocenters. The topological polar surface area (TPSA) is 146 Å². The molecule has 0 radical (unpaired) electrons. The molecule has 0 aliphatic carbocycles. The summed E-state index contributed by atoms with van der Waals surface area (Å²) in [5.74, 6) is 9.40. The number of ether oxygens (including phenoxy) is 1. The number of hydrazine groups is 1. The van der Waals surface area contributed by atoms with Crippen LogP contribution in [0.2, 0.25) is 5.02 Å². The zero-order valence-corrected chi connectivity index (χ0v) is 28.4. The van der Waals surface area contributed by atoms with Crippen molar-refractivity contribution in [3.05, 3.63) is 64.3 Å². The molecule has 0 bridgehead atoms. The predicted molar refractivity (Wildman–Crippen MR) is 177 cm³/mol. The van der Waals surface area contributed by atoms with E-state index < -0.39 is 24.9 Å². The number of fused-ring (bicyclic) bond motifs is 1. The molecule has 1 atom stereocenters. The molecular formula is C32H43ClN4O5S2. The minimum Gasteiger partial charge on any atom is -0.489 e. The monoisotopic (exact) mass is 662 g/mol. The summed E-state index contributed by atoms with van der Waals surface area (Å²) in [5.41, 5.74) is 6.46. The average Bonchev–Trinajstić information content (AvgIpc) is 3.38. The standard InChI is InChI=1S/C32H39ClN2O5S2.H4N2/c1-20(2)42(38,39)30-9-7-6-8-24(30)25-18-29(34-19-28(25)33)26-16-21(3)31(27-17-22(4)40-32(26)27)23-10-12-35(13-11-23)14-15-41(5,36)37;1-2/h6-9,16,18-20,22-23H,10-15,17H2,1-5H3;1-2H2. The van der Waals surface area contributed by atoms with Crippen molar-refractivity contribution < 1.29 is 21.6 Å². The number of halogens is 1. The van der Waals surface area contributed by atoms with E-state index in [0.717, 1.165) is 43.7 Å². The van der Waals surface area contributed by atoms with Crippen molar-refractivity contribution in [3.8, 4) is 28.1 Å². The Morgan fingerprint density at radius 3 is 2.34 bits per heavy atom. The molecule has 0 saturated carbocycles. The summed E-state index contributed by atoms with van der Waals surface area (Å²) in [6, 6.07) is 11.0. The van der Waals surface area contributed by atoms with Gasteiger partial charge >= 0.3 is 0 Å². The normalized spacial score (nSPS) is 17.6. The molecule has 12 heteroatoms. The Morgan fingerprint density at radius 2 is 1.70 bits per heavy atom. The second kappa shape index (κ2) is 13.8. The van der Waals surface area contributed by atoms with Crippen LogP contribution >= 0.6 is 11.6 Å². The summed E-state index contributed by atoms with van der Waals surface area (Å²) in [7, 11) is -6.52. The van der Waals surface area contributed by atoms with E-state index in [0.29, 0.717) is 34.3 Å². The van der Waals surface area contributed by atoms with E-state index >= 15 is 0 Å². The van der Waals surface area contributed by atoms with Crippen molar-refractivity contribution in [2.45, 2.75) is 69.1 Å². The first-order valence-corrected chi connectivity index (χ1v) is 18.8. The molecular weight excluding hydrogens is 620 g/mol. The van der Waals surface area contributed by atoms with Crippen LogP contribution in [0.25, 0.3) is 22.4 Å². The van der Waals surface area contributed by atoms with E-state index in [1.807, 2.05) is 12.1 Å². The van der Waals surface area contributed by atoms with Crippen LogP contribution in [0.15, 0.2) is 47.5 Å². The number of nitrogens with zero attached hydrogens (tertiary/aromatic N) is 2. The molecule has 4 N–H and O–H groups in total. The van der Waals surface area contributed by atoms with Crippen molar-refractivity contribution in [2.24, 2.45) is 11.7 Å². The van der Waals surface area contributed by atoms with Crippen molar-refractivity contribution in [3.63, 3.8) is 0 Å². The van der Waals surface area contributed by atoms with Crippen molar-refractivity contribution >= 4 is 31.3 Å². The lowest BCUT2D eigenvalue weighted by Gasteiger charge is -2.33. The van der Waals surface area contributed by atoms with Crippen molar-refractivity contribution in [1.82, 2.24) is 9.88 Å². The van der Waals surface area contributed by atoms with Gasteiger partial charge in [0.05, 0.1) is 26.6 Å². The molecule has 0 amide bonds. The number of likely N-dealkylation sites (tertiary alicyclic amines) is 1. The van der Waals surface area contributed by atoms with Gasteiger partial charge in [-0.05, 0) is 88.9 Å². The molecule has 0 spiro atoms. The van der Waals surface area contributed by atoms with E-state index in [4.69, 9.17) is 16.3 Å². The predicted octanol–water partition coefficient (Wildman–Crippen LogP) is 4.93. The Kier molecular flexibility index (Phi) is 10.8. The molecule has 44 heavy (non-hydrogen) atoms. The smallest absolute Gasteiger partial charge is 0.181 e. The van der Waals surface area contributed by atoms with Crippen LogP contribution in [-0.4, -0.2) is 69.7 Å². The molecule has 5 rings (SSSR count). The molecule has 1 fully saturated rings. The Labute approximate surface area is 266 Å². The lowest BCUT2D eigenvalue weighted by Crippen LogP contribution is -2.36. The summed E-state index contributed by atoms with van der Waals surface area (Å²) < 4.78 is 56.1. The summed E-state index contributed by atoms with van der Waals surface area (Å²) in [4.78, 5) is 7.18. The first-order valence-electron chi connectivity index (χ1n) is 14.8. The molecule has 3 aromatic rings. The molecule has 9 nitrogen and oxygen atoms in total. The van der Waals surface area contributed by atoms with Crippen LogP contribution in [0.5, 0.6) is 5.75 Å². The number of hydrogen-bond acceptors (Lipinski definition) is 9. The molecule has 1 aromatic heterocycles. The maximum absolute atomic E-state index is 13.2. The Hall–Kier alpha value is -2.54. The molecule has 3 heterocycles. The molecule has 2 aliphatic heterocycles. The second-order valence-corrected chi connectivity index (χ2v) is 17.1. The van der Waals surface area contributed by atoms with Crippen molar-refractivity contribution in [1.29, 1.82) is 0 Å². The van der Waals surface area contributed by atoms with Gasteiger partial charge in [0, 0.05) is 47.7 Å². The fraction of sp³-hybridized carbons (Fsp3) is 0.469. The van der Waals surface area contributed by atoms with Gasteiger partial charge in [0.1, 0.15) is 21.7 Å². The largest absolute Gasteiger partial charge is 0.489 e. The minimum atomic E-state index is -3.54. The second-order valence-electron chi connectivity index (χ2n) is 12.0. The van der Waals surface area contributed by atoms with Gasteiger partial charge in [-0.3, -0.25) is 16.7 Å². The number of rotatable bonds is 8. The molecule has 2 aromatic carbocycles. The highest BCUT2D eigenvalue weighted by Gasteiger charge is 2.33. The van der Waals surface area contributed by atoms with Crippen LogP contribution in [-0.2, 0) is 26.1 Å². The van der Waals surface area contributed by atoms with Gasteiger partial charge in [0.25, 0.3) is 0 Å². The minimum absolute atomic E-state index is 0.0258.